The monoisotopic (exact) mass is 492 g/mol. The van der Waals surface area contributed by atoms with Crippen LogP contribution in [0.2, 0.25) is 5.02 Å². The van der Waals surface area contributed by atoms with Crippen molar-refractivity contribution in [2.24, 2.45) is 10.7 Å². The number of hydrogen-bond donors (Lipinski definition) is 5. The number of nitrogens with zero attached hydrogens (tertiary/aromatic N) is 2. The van der Waals surface area contributed by atoms with E-state index < -0.39 is 0 Å². The third-order valence-electron chi connectivity index (χ3n) is 6.15. The second-order valence-electron chi connectivity index (χ2n) is 8.74. The third kappa shape index (κ3) is 5.84. The van der Waals surface area contributed by atoms with Crippen molar-refractivity contribution in [2.75, 3.05) is 5.73 Å². The fraction of sp³-hybridized carbons (Fsp3) is 0.269. The smallest absolute Gasteiger partial charge is 0.226 e. The number of anilines is 1. The molecule has 0 aliphatic heterocycles. The van der Waals surface area contributed by atoms with Gasteiger partial charge >= 0.3 is 0 Å². The molecule has 4 rings (SSSR count). The molecule has 8 nitrogen and oxygen atoms in total. The maximum Gasteiger partial charge on any atom is 0.226 e. The second-order valence-corrected chi connectivity index (χ2v) is 9.15. The van der Waals surface area contributed by atoms with Crippen LogP contribution in [0.15, 0.2) is 59.6 Å². The van der Waals surface area contributed by atoms with E-state index in [1.165, 1.54) is 0 Å². The van der Waals surface area contributed by atoms with Crippen molar-refractivity contribution in [2.45, 2.75) is 44.7 Å². The molecule has 1 fully saturated rings. The molecule has 0 spiro atoms. The van der Waals surface area contributed by atoms with Crippen LogP contribution in [0.5, 0.6) is 0 Å². The molecule has 1 aliphatic carbocycles. The highest BCUT2D eigenvalue weighted by Crippen LogP contribution is 2.32. The lowest BCUT2D eigenvalue weighted by atomic mass is 10.0. The van der Waals surface area contributed by atoms with Crippen LogP contribution in [0.25, 0.3) is 11.1 Å². The van der Waals surface area contributed by atoms with Gasteiger partial charge in [0.15, 0.2) is 5.49 Å². The molecule has 35 heavy (non-hydrogen) atoms. The number of aromatic nitrogens is 1. The van der Waals surface area contributed by atoms with Gasteiger partial charge in [-0.1, -0.05) is 60.8 Å². The van der Waals surface area contributed by atoms with Crippen LogP contribution in [0, 0.1) is 5.41 Å². The normalized spacial score (nSPS) is 14.3. The highest BCUT2D eigenvalue weighted by molar-refractivity contribution is 6.33. The van der Waals surface area contributed by atoms with E-state index in [0.717, 1.165) is 36.0 Å². The van der Waals surface area contributed by atoms with E-state index in [4.69, 9.17) is 33.5 Å². The van der Waals surface area contributed by atoms with Crippen molar-refractivity contribution in [1.82, 2.24) is 10.0 Å². The summed E-state index contributed by atoms with van der Waals surface area (Å²) in [6.45, 7) is 0.288. The van der Waals surface area contributed by atoms with E-state index in [1.54, 1.807) is 48.5 Å². The zero-order valence-corrected chi connectivity index (χ0v) is 20.1. The Morgan fingerprint density at radius 3 is 2.54 bits per heavy atom. The van der Waals surface area contributed by atoms with E-state index in [-0.39, 0.29) is 30.8 Å². The van der Waals surface area contributed by atoms with Gasteiger partial charge in [0.05, 0.1) is 23.2 Å². The summed E-state index contributed by atoms with van der Waals surface area (Å²) < 4.78 is 0.976. The topological polar surface area (TPSA) is 143 Å². The Hall–Kier alpha value is -3.78. The van der Waals surface area contributed by atoms with Gasteiger partial charge in [0, 0.05) is 29.4 Å². The van der Waals surface area contributed by atoms with Crippen LogP contribution >= 0.6 is 11.6 Å². The molecular weight excluding hydrogens is 464 g/mol. The average molecular weight is 493 g/mol. The number of nitrogens with two attached hydrogens (primary N) is 2. The van der Waals surface area contributed by atoms with Crippen molar-refractivity contribution in [3.63, 3.8) is 0 Å². The molecule has 1 saturated carbocycles. The molecule has 2 aromatic carbocycles. The van der Waals surface area contributed by atoms with Crippen molar-refractivity contribution in [3.8, 4) is 11.1 Å². The first kappa shape index (κ1) is 24.3. The number of carbonyl (C=O) groups is 1. The highest BCUT2D eigenvalue weighted by Gasteiger charge is 2.20. The molecule has 1 amide bonds. The lowest BCUT2D eigenvalue weighted by Crippen LogP contribution is -2.30. The van der Waals surface area contributed by atoms with Gasteiger partial charge in [-0.2, -0.15) is 4.73 Å². The van der Waals surface area contributed by atoms with Crippen LogP contribution in [0.3, 0.4) is 0 Å². The van der Waals surface area contributed by atoms with E-state index in [9.17, 15) is 10.0 Å². The quantitative estimate of drug-likeness (QED) is 0.148. The van der Waals surface area contributed by atoms with Crippen molar-refractivity contribution >= 4 is 29.0 Å². The number of pyridine rings is 1. The average Bonchev–Trinajstić information content (AvgIpc) is 3.34. The van der Waals surface area contributed by atoms with Crippen LogP contribution in [0.1, 0.15) is 42.5 Å². The van der Waals surface area contributed by atoms with Crippen LogP contribution < -0.4 is 22.3 Å². The summed E-state index contributed by atoms with van der Waals surface area (Å²) in [7, 11) is 0. The van der Waals surface area contributed by atoms with Gasteiger partial charge in [0.2, 0.25) is 5.91 Å². The minimum atomic E-state index is -0.289. The molecule has 0 bridgehead atoms. The minimum Gasteiger partial charge on any atom is -0.427 e. The van der Waals surface area contributed by atoms with Crippen LogP contribution in [-0.2, 0) is 17.8 Å². The number of carbonyl (C=O) groups excluding carboxylic acids is 1. The van der Waals surface area contributed by atoms with E-state index >= 15 is 0 Å². The summed E-state index contributed by atoms with van der Waals surface area (Å²) in [5.41, 5.74) is 15.4. The van der Waals surface area contributed by atoms with Gasteiger partial charge in [0.25, 0.3) is 0 Å². The first-order chi connectivity index (χ1) is 16.8. The maximum absolute atomic E-state index is 12.9. The summed E-state index contributed by atoms with van der Waals surface area (Å²) >= 11 is 6.69. The third-order valence-corrected chi connectivity index (χ3v) is 6.45. The Morgan fingerprint density at radius 2 is 1.89 bits per heavy atom. The molecule has 1 aliphatic rings. The summed E-state index contributed by atoms with van der Waals surface area (Å²) in [6, 6.07) is 16.0. The zero-order valence-electron chi connectivity index (χ0n) is 19.3. The summed E-state index contributed by atoms with van der Waals surface area (Å²) in [4.78, 5) is 17.6. The van der Waals surface area contributed by atoms with Gasteiger partial charge in [-0.05, 0) is 36.1 Å². The Bertz CT molecular complexity index is 1310. The highest BCUT2D eigenvalue weighted by atomic mass is 35.5. The molecule has 0 saturated heterocycles. The van der Waals surface area contributed by atoms with E-state index in [0.29, 0.717) is 38.6 Å². The number of nitrogens with one attached hydrogen (secondary N) is 2. The van der Waals surface area contributed by atoms with E-state index in [2.05, 4.69) is 5.32 Å². The Kier molecular flexibility index (Phi) is 7.41. The largest absolute Gasteiger partial charge is 0.427 e. The van der Waals surface area contributed by atoms with Crippen molar-refractivity contribution < 1.29 is 10.0 Å². The molecule has 0 radical (unpaired) electrons. The fourth-order valence-electron chi connectivity index (χ4n) is 4.32. The number of rotatable bonds is 7. The molecule has 1 aromatic heterocycles. The molecular formula is C26H29ClN6O2. The lowest BCUT2D eigenvalue weighted by Gasteiger charge is -2.17. The molecule has 182 valence electrons. The molecule has 3 aromatic rings. The van der Waals surface area contributed by atoms with Gasteiger partial charge in [-0.3, -0.25) is 15.2 Å². The number of halogens is 1. The number of benzene rings is 2. The van der Waals surface area contributed by atoms with E-state index in [1.807, 2.05) is 6.07 Å². The predicted molar refractivity (Wildman–Crippen MR) is 137 cm³/mol. The fourth-order valence-corrected chi connectivity index (χ4v) is 4.64. The van der Waals surface area contributed by atoms with Gasteiger partial charge in [0.1, 0.15) is 5.84 Å². The van der Waals surface area contributed by atoms with Crippen molar-refractivity contribution in [1.29, 1.82) is 5.41 Å². The molecule has 0 atom stereocenters. The molecule has 1 heterocycles. The summed E-state index contributed by atoms with van der Waals surface area (Å²) in [6.07, 6.45) is 4.04. The predicted octanol–water partition coefficient (Wildman–Crippen LogP) is 3.61. The number of amides is 1. The molecule has 7 N–H and O–H groups in total. The van der Waals surface area contributed by atoms with Gasteiger partial charge in [-0.25, -0.2) is 0 Å². The van der Waals surface area contributed by atoms with Gasteiger partial charge in [-0.15, -0.1) is 0 Å². The Balaban J connectivity index is 1.64. The SMILES string of the molecule is N=C(N)c1ccc(CNC(=O)Cc2c(-c3cccc(N)c3)c(Cl)cc(=NC3CCCC3)n2O)cc1. The minimum absolute atomic E-state index is 0.0121. The number of nitrogen functional groups attached to an aromatic ring is 2. The summed E-state index contributed by atoms with van der Waals surface area (Å²) in [5, 5.41) is 21.9. The standard InChI is InChI=1S/C26H29ClN6O2/c27-21-13-23(32-20-6-1-2-7-20)33(35)22(25(21)18-4-3-5-19(28)12-18)14-24(34)31-15-16-8-10-17(11-9-16)26(29)30/h3-5,8-13,20,35H,1-2,6-7,14-15,28H2,(H3,29,30)(H,31,34). The van der Waals surface area contributed by atoms with Crippen LogP contribution in [0.4, 0.5) is 5.69 Å². The molecule has 9 heteroatoms. The Labute approximate surface area is 208 Å². The lowest BCUT2D eigenvalue weighted by molar-refractivity contribution is -0.120. The van der Waals surface area contributed by atoms with Crippen molar-refractivity contribution in [3.05, 3.63) is 81.9 Å². The van der Waals surface area contributed by atoms with Crippen LogP contribution in [-0.4, -0.2) is 27.7 Å². The van der Waals surface area contributed by atoms with Gasteiger partial charge < -0.3 is 22.0 Å². The second kappa shape index (κ2) is 10.7. The number of hydrogen-bond acceptors (Lipinski definition) is 5. The zero-order chi connectivity index (χ0) is 24.9. The first-order valence-electron chi connectivity index (χ1n) is 11.6. The molecule has 0 unspecified atom stereocenters. The number of amidine groups is 1. The maximum atomic E-state index is 12.9. The first-order valence-corrected chi connectivity index (χ1v) is 11.9. The summed E-state index contributed by atoms with van der Waals surface area (Å²) in [5.74, 6) is -0.301. The Morgan fingerprint density at radius 1 is 1.17 bits per heavy atom.